The zero-order valence-electron chi connectivity index (χ0n) is 15.1. The van der Waals surface area contributed by atoms with Crippen molar-refractivity contribution in [2.45, 2.75) is 62.0 Å². The Bertz CT molecular complexity index is 825. The summed E-state index contributed by atoms with van der Waals surface area (Å²) in [6.07, 6.45) is 1.40. The van der Waals surface area contributed by atoms with Crippen molar-refractivity contribution in [3.05, 3.63) is 19.8 Å². The lowest BCUT2D eigenvalue weighted by Gasteiger charge is -2.39. The molecule has 1 aliphatic rings. The lowest BCUT2D eigenvalue weighted by atomic mass is 9.86. The number of thiophene rings is 1. The molecular weight excluding hydrogens is 480 g/mol. The van der Waals surface area contributed by atoms with Crippen LogP contribution in [0.5, 0.6) is 0 Å². The third kappa shape index (κ3) is 4.27. The highest BCUT2D eigenvalue weighted by atomic mass is 79.9. The third-order valence-corrected chi connectivity index (χ3v) is 11.2. The first-order valence-electron chi connectivity index (χ1n) is 8.05. The largest absolute Gasteiger partial charge is 0.598 e. The van der Waals surface area contributed by atoms with E-state index in [4.69, 9.17) is 11.6 Å². The Labute approximate surface area is 175 Å². The van der Waals surface area contributed by atoms with Gasteiger partial charge in [0.15, 0.2) is 14.6 Å². The van der Waals surface area contributed by atoms with Crippen LogP contribution in [0.25, 0.3) is 0 Å². The normalized spacial score (nSPS) is 20.7. The summed E-state index contributed by atoms with van der Waals surface area (Å²) in [4.78, 5) is 0.583. The molecule has 2 atom stereocenters. The van der Waals surface area contributed by atoms with E-state index in [0.29, 0.717) is 22.7 Å². The van der Waals surface area contributed by atoms with E-state index in [-0.39, 0.29) is 5.75 Å². The molecule has 0 amide bonds. The number of nitrogens with one attached hydrogen (secondary N) is 1. The van der Waals surface area contributed by atoms with E-state index in [2.05, 4.69) is 20.7 Å². The van der Waals surface area contributed by atoms with Crippen LogP contribution in [0.2, 0.25) is 5.02 Å². The highest BCUT2D eigenvalue weighted by molar-refractivity contribution is 9.11. The molecule has 1 aromatic heterocycles. The van der Waals surface area contributed by atoms with Gasteiger partial charge in [-0.2, -0.15) is 5.26 Å². The first-order valence-corrected chi connectivity index (χ1v) is 12.8. The zero-order valence-corrected chi connectivity index (χ0v) is 19.8. The quantitative estimate of drug-likeness (QED) is 0.587. The molecule has 0 aromatic carbocycles. The Morgan fingerprint density at radius 1 is 1.46 bits per heavy atom. The molecule has 1 heterocycles. The molecule has 0 unspecified atom stereocenters. The number of hydrogen-bond acceptors (Lipinski definition) is 6. The number of nitrogens with zero attached hydrogens (tertiary/aromatic N) is 1. The van der Waals surface area contributed by atoms with E-state index in [0.717, 1.165) is 10.2 Å². The fourth-order valence-corrected chi connectivity index (χ4v) is 8.39. The van der Waals surface area contributed by atoms with Gasteiger partial charge in [-0.3, -0.25) is 0 Å². The van der Waals surface area contributed by atoms with E-state index < -0.39 is 36.2 Å². The highest BCUT2D eigenvalue weighted by Gasteiger charge is 2.53. The summed E-state index contributed by atoms with van der Waals surface area (Å²) in [7, 11) is -3.76. The molecule has 1 fully saturated rings. The minimum Gasteiger partial charge on any atom is -0.598 e. The van der Waals surface area contributed by atoms with Crippen LogP contribution in [0.4, 0.5) is 0 Å². The molecule has 1 N–H and O–H groups in total. The summed E-state index contributed by atoms with van der Waals surface area (Å²) in [5, 5.41) is 9.87. The SMILES string of the molecule is CC(C)(C)[S@@+]([O-])N[C@@](C)(CS(=O)(=O)C1(C#N)CCC1)c1sc(Br)cc1Cl. The summed E-state index contributed by atoms with van der Waals surface area (Å²) in [5.41, 5.74) is -1.18. The van der Waals surface area contributed by atoms with Crippen molar-refractivity contribution in [3.8, 4) is 6.07 Å². The molecule has 10 heteroatoms. The van der Waals surface area contributed by atoms with Gasteiger partial charge in [-0.05, 0) is 69.0 Å². The first kappa shape index (κ1) is 22.5. The van der Waals surface area contributed by atoms with Crippen LogP contribution in [0.1, 0.15) is 51.8 Å². The summed E-state index contributed by atoms with van der Waals surface area (Å²) >= 11 is 9.48. The maximum Gasteiger partial charge on any atom is 0.171 e. The topological polar surface area (TPSA) is 93.0 Å². The number of rotatable bonds is 6. The number of sulfone groups is 1. The van der Waals surface area contributed by atoms with Gasteiger partial charge in [0.25, 0.3) is 0 Å². The third-order valence-electron chi connectivity index (χ3n) is 4.47. The Hall–Kier alpha value is 0.180. The predicted octanol–water partition coefficient (Wildman–Crippen LogP) is 4.29. The number of nitriles is 1. The van der Waals surface area contributed by atoms with Gasteiger partial charge >= 0.3 is 0 Å². The van der Waals surface area contributed by atoms with Crippen molar-refractivity contribution in [1.29, 1.82) is 5.26 Å². The van der Waals surface area contributed by atoms with E-state index in [1.807, 2.05) is 6.07 Å². The van der Waals surface area contributed by atoms with Crippen LogP contribution in [0.3, 0.4) is 0 Å². The predicted molar refractivity (Wildman–Crippen MR) is 111 cm³/mol. The molecule has 5 nitrogen and oxygen atoms in total. The Balaban J connectivity index is 2.48. The zero-order chi connectivity index (χ0) is 20.0. The Morgan fingerprint density at radius 2 is 2.04 bits per heavy atom. The van der Waals surface area contributed by atoms with Crippen molar-refractivity contribution < 1.29 is 13.0 Å². The second-order valence-electron chi connectivity index (χ2n) is 7.76. The lowest BCUT2D eigenvalue weighted by molar-refractivity contribution is 0.394. The van der Waals surface area contributed by atoms with Crippen LogP contribution >= 0.6 is 38.9 Å². The summed E-state index contributed by atoms with van der Waals surface area (Å²) in [6, 6.07) is 3.69. The molecular formula is C16H22BrClN2O3S3. The van der Waals surface area contributed by atoms with Crippen molar-refractivity contribution in [2.24, 2.45) is 0 Å². The van der Waals surface area contributed by atoms with E-state index in [1.54, 1.807) is 33.8 Å². The molecule has 0 saturated heterocycles. The second-order valence-corrected chi connectivity index (χ2v) is 14.9. The van der Waals surface area contributed by atoms with Crippen molar-refractivity contribution in [3.63, 3.8) is 0 Å². The molecule has 0 spiro atoms. The van der Waals surface area contributed by atoms with Crippen LogP contribution in [-0.2, 0) is 26.7 Å². The molecule has 1 aliphatic carbocycles. The lowest BCUT2D eigenvalue weighted by Crippen LogP contribution is -2.56. The van der Waals surface area contributed by atoms with Crippen molar-refractivity contribution in [2.75, 3.05) is 5.75 Å². The molecule has 0 aliphatic heterocycles. The summed E-state index contributed by atoms with van der Waals surface area (Å²) in [6.45, 7) is 7.10. The fraction of sp³-hybridized carbons (Fsp3) is 0.688. The van der Waals surface area contributed by atoms with E-state index in [1.165, 1.54) is 11.3 Å². The van der Waals surface area contributed by atoms with Gasteiger partial charge in [-0.15, -0.1) is 16.1 Å². The van der Waals surface area contributed by atoms with Crippen LogP contribution in [0.15, 0.2) is 9.85 Å². The van der Waals surface area contributed by atoms with Gasteiger partial charge in [0.05, 0.1) is 20.6 Å². The van der Waals surface area contributed by atoms with Crippen molar-refractivity contribution in [1.82, 2.24) is 4.72 Å². The highest BCUT2D eigenvalue weighted by Crippen LogP contribution is 2.45. The van der Waals surface area contributed by atoms with Gasteiger partial charge in [0.1, 0.15) is 10.3 Å². The van der Waals surface area contributed by atoms with Gasteiger partial charge in [-0.25, -0.2) is 8.42 Å². The molecule has 2 rings (SSSR count). The fourth-order valence-electron chi connectivity index (χ4n) is 2.72. The Kier molecular flexibility index (Phi) is 6.52. The summed E-state index contributed by atoms with van der Waals surface area (Å²) < 4.78 is 40.7. The van der Waals surface area contributed by atoms with Crippen LogP contribution in [-0.4, -0.2) is 28.2 Å². The van der Waals surface area contributed by atoms with E-state index in [9.17, 15) is 18.2 Å². The summed E-state index contributed by atoms with van der Waals surface area (Å²) in [5.74, 6) is -0.345. The van der Waals surface area contributed by atoms with Gasteiger partial charge in [0, 0.05) is 16.2 Å². The number of hydrogen-bond donors (Lipinski definition) is 1. The maximum absolute atomic E-state index is 13.1. The van der Waals surface area contributed by atoms with Crippen LogP contribution in [0, 0.1) is 11.3 Å². The molecule has 1 saturated carbocycles. The molecule has 1 aromatic rings. The molecule has 0 radical (unpaired) electrons. The second kappa shape index (κ2) is 7.54. The van der Waals surface area contributed by atoms with E-state index >= 15 is 0 Å². The first-order chi connectivity index (χ1) is 11.8. The molecule has 146 valence electrons. The molecule has 26 heavy (non-hydrogen) atoms. The number of halogens is 2. The molecule has 0 bridgehead atoms. The smallest absolute Gasteiger partial charge is 0.171 e. The van der Waals surface area contributed by atoms with Gasteiger partial charge < -0.3 is 4.55 Å². The maximum atomic E-state index is 13.1. The van der Waals surface area contributed by atoms with Gasteiger partial charge in [-0.1, -0.05) is 11.6 Å². The van der Waals surface area contributed by atoms with Gasteiger partial charge in [0.2, 0.25) is 0 Å². The standard InChI is InChI=1S/C16H22BrClN2O3S3/c1-14(2,3)25(21)20-15(4,13-11(18)8-12(17)24-13)10-26(22,23)16(9-19)6-5-7-16/h8,20H,5-7,10H2,1-4H3/t15-,25+/m0/s1. The average molecular weight is 502 g/mol. The average Bonchev–Trinajstić information content (AvgIpc) is 2.75. The minimum absolute atomic E-state index is 0.339. The monoisotopic (exact) mass is 500 g/mol. The minimum atomic E-state index is -3.76. The Morgan fingerprint density at radius 3 is 2.38 bits per heavy atom. The van der Waals surface area contributed by atoms with Crippen LogP contribution < -0.4 is 4.72 Å². The van der Waals surface area contributed by atoms with Crippen molar-refractivity contribution >= 4 is 60.1 Å².